The van der Waals surface area contributed by atoms with Crippen molar-refractivity contribution in [3.63, 3.8) is 0 Å². The molecular formula is C21H25ClIN3O3S. The second kappa shape index (κ2) is 10.2. The van der Waals surface area contributed by atoms with E-state index in [0.29, 0.717) is 41.0 Å². The fourth-order valence-corrected chi connectivity index (χ4v) is 5.51. The Morgan fingerprint density at radius 3 is 2.40 bits per heavy atom. The van der Waals surface area contributed by atoms with Gasteiger partial charge in [0, 0.05) is 29.2 Å². The molecule has 162 valence electrons. The summed E-state index contributed by atoms with van der Waals surface area (Å²) in [5.74, 6) is -0.767. The summed E-state index contributed by atoms with van der Waals surface area (Å²) in [6.07, 6.45) is 1.49. The molecule has 0 bridgehead atoms. The largest absolute Gasteiger partial charge is 1.00 e. The van der Waals surface area contributed by atoms with E-state index in [-0.39, 0.29) is 48.5 Å². The molecule has 1 aromatic carbocycles. The van der Waals surface area contributed by atoms with E-state index in [1.54, 1.807) is 12.1 Å². The predicted molar refractivity (Wildman–Crippen MR) is 114 cm³/mol. The van der Waals surface area contributed by atoms with E-state index in [2.05, 4.69) is 7.05 Å². The molecule has 2 heterocycles. The van der Waals surface area contributed by atoms with Crippen LogP contribution in [-0.2, 0) is 35.4 Å². The number of fused-ring (bicyclic) bond motifs is 1. The molecule has 3 rings (SSSR count). The number of primary amides is 2. The Balaban J connectivity index is 0.00000320. The van der Waals surface area contributed by atoms with Crippen molar-refractivity contribution in [1.29, 1.82) is 0 Å². The molecule has 0 aliphatic carbocycles. The first-order chi connectivity index (χ1) is 13.7. The van der Waals surface area contributed by atoms with Gasteiger partial charge in [-0.1, -0.05) is 23.7 Å². The van der Waals surface area contributed by atoms with Gasteiger partial charge in [-0.3, -0.25) is 14.4 Å². The standard InChI is InChI=1S/C21H24ClN3O3S.HI/c1-25(9-7-19(23)27)8-6-16-18(12-25)29-17(20(16)21(24)28)11-15(26)10-13-2-4-14(22)5-3-13;/h2-5H,6-12H2,1H3,(H3-,23,24,27,28);1H. The summed E-state index contributed by atoms with van der Waals surface area (Å²) < 4.78 is 0.687. The minimum atomic E-state index is -0.481. The van der Waals surface area contributed by atoms with Crippen molar-refractivity contribution in [3.05, 3.63) is 55.7 Å². The summed E-state index contributed by atoms with van der Waals surface area (Å²) in [7, 11) is 2.08. The van der Waals surface area contributed by atoms with Crippen molar-refractivity contribution < 1.29 is 42.8 Å². The first-order valence-electron chi connectivity index (χ1n) is 9.48. The highest BCUT2D eigenvalue weighted by Crippen LogP contribution is 2.36. The fourth-order valence-electron chi connectivity index (χ4n) is 3.82. The molecule has 1 atom stereocenters. The number of benzene rings is 1. The summed E-state index contributed by atoms with van der Waals surface area (Å²) in [4.78, 5) is 37.8. The lowest BCUT2D eigenvalue weighted by atomic mass is 9.97. The molecule has 1 unspecified atom stereocenters. The van der Waals surface area contributed by atoms with Gasteiger partial charge in [-0.2, -0.15) is 0 Å². The Bertz CT molecular complexity index is 961. The second-order valence-electron chi connectivity index (χ2n) is 7.88. The van der Waals surface area contributed by atoms with Crippen molar-refractivity contribution in [2.45, 2.75) is 32.2 Å². The molecular weight excluding hydrogens is 537 g/mol. The van der Waals surface area contributed by atoms with Crippen LogP contribution in [0.15, 0.2) is 24.3 Å². The van der Waals surface area contributed by atoms with E-state index in [9.17, 15) is 14.4 Å². The number of rotatable bonds is 8. The van der Waals surface area contributed by atoms with Gasteiger partial charge in [0.2, 0.25) is 11.8 Å². The lowest BCUT2D eigenvalue weighted by Crippen LogP contribution is -3.00. The maximum absolute atomic E-state index is 12.6. The molecule has 0 radical (unpaired) electrons. The van der Waals surface area contributed by atoms with Gasteiger partial charge in [0.15, 0.2) is 0 Å². The van der Waals surface area contributed by atoms with E-state index >= 15 is 0 Å². The molecule has 0 saturated heterocycles. The molecule has 9 heteroatoms. The zero-order valence-electron chi connectivity index (χ0n) is 16.7. The normalized spacial score (nSPS) is 17.7. The Labute approximate surface area is 202 Å². The van der Waals surface area contributed by atoms with Crippen LogP contribution in [0.1, 0.15) is 37.7 Å². The van der Waals surface area contributed by atoms with Gasteiger partial charge < -0.3 is 39.9 Å². The van der Waals surface area contributed by atoms with Crippen molar-refractivity contribution >= 4 is 40.5 Å². The molecule has 2 amide bonds. The molecule has 2 aromatic rings. The summed E-state index contributed by atoms with van der Waals surface area (Å²) >= 11 is 7.39. The lowest BCUT2D eigenvalue weighted by Gasteiger charge is -2.37. The molecule has 4 N–H and O–H groups in total. The third-order valence-corrected chi connectivity index (χ3v) is 6.88. The summed E-state index contributed by atoms with van der Waals surface area (Å²) in [6, 6.07) is 7.17. The van der Waals surface area contributed by atoms with Gasteiger partial charge in [0.1, 0.15) is 12.3 Å². The van der Waals surface area contributed by atoms with Crippen LogP contribution in [0.25, 0.3) is 0 Å². The number of carbonyl (C=O) groups excluding carboxylic acids is 3. The predicted octanol–water partition coefficient (Wildman–Crippen LogP) is -0.763. The Morgan fingerprint density at radius 1 is 1.13 bits per heavy atom. The maximum atomic E-state index is 12.6. The number of hydrogen-bond donors (Lipinski definition) is 2. The third-order valence-electron chi connectivity index (χ3n) is 5.41. The molecule has 1 aliphatic heterocycles. The first-order valence-corrected chi connectivity index (χ1v) is 10.7. The smallest absolute Gasteiger partial charge is 0.250 e. The Morgan fingerprint density at radius 2 is 1.80 bits per heavy atom. The van der Waals surface area contributed by atoms with Gasteiger partial charge in [-0.25, -0.2) is 0 Å². The van der Waals surface area contributed by atoms with Crippen LogP contribution in [-0.4, -0.2) is 42.2 Å². The van der Waals surface area contributed by atoms with Crippen molar-refractivity contribution in [2.24, 2.45) is 11.5 Å². The van der Waals surface area contributed by atoms with E-state index in [1.807, 2.05) is 12.1 Å². The zero-order valence-corrected chi connectivity index (χ0v) is 20.5. The molecule has 0 spiro atoms. The van der Waals surface area contributed by atoms with Gasteiger partial charge >= 0.3 is 0 Å². The minimum Gasteiger partial charge on any atom is -1.00 e. The number of carbonyl (C=O) groups is 3. The number of thiophene rings is 1. The highest BCUT2D eigenvalue weighted by molar-refractivity contribution is 7.12. The molecule has 1 aromatic heterocycles. The quantitative estimate of drug-likeness (QED) is 0.327. The van der Waals surface area contributed by atoms with E-state index in [1.165, 1.54) is 11.3 Å². The van der Waals surface area contributed by atoms with Gasteiger partial charge in [0.05, 0.1) is 37.0 Å². The van der Waals surface area contributed by atoms with E-state index in [4.69, 9.17) is 23.1 Å². The van der Waals surface area contributed by atoms with Crippen LogP contribution in [0.4, 0.5) is 0 Å². The molecule has 0 fully saturated rings. The molecule has 0 saturated carbocycles. The van der Waals surface area contributed by atoms with Gasteiger partial charge in [-0.15, -0.1) is 11.3 Å². The number of ketones is 1. The summed E-state index contributed by atoms with van der Waals surface area (Å²) in [5, 5.41) is 0.626. The summed E-state index contributed by atoms with van der Waals surface area (Å²) in [5.41, 5.74) is 13.3. The van der Waals surface area contributed by atoms with Gasteiger partial charge in [0.25, 0.3) is 0 Å². The van der Waals surface area contributed by atoms with E-state index < -0.39 is 5.91 Å². The number of Topliss-reactive ketones (excluding diaryl/α,β-unsaturated/α-hetero) is 1. The zero-order chi connectivity index (χ0) is 21.2. The number of quaternary nitrogens is 1. The monoisotopic (exact) mass is 561 g/mol. The van der Waals surface area contributed by atoms with Crippen LogP contribution in [0.5, 0.6) is 0 Å². The Kier molecular flexibility index (Phi) is 8.43. The number of amides is 2. The molecule has 30 heavy (non-hydrogen) atoms. The van der Waals surface area contributed by atoms with Crippen LogP contribution >= 0.6 is 22.9 Å². The van der Waals surface area contributed by atoms with Crippen LogP contribution in [0.2, 0.25) is 5.02 Å². The van der Waals surface area contributed by atoms with Crippen LogP contribution in [0, 0.1) is 0 Å². The number of halogens is 2. The van der Waals surface area contributed by atoms with Gasteiger partial charge in [-0.05, 0) is 23.3 Å². The molecule has 6 nitrogen and oxygen atoms in total. The lowest BCUT2D eigenvalue weighted by molar-refractivity contribution is -0.923. The van der Waals surface area contributed by atoms with Crippen LogP contribution in [0.3, 0.4) is 0 Å². The average Bonchev–Trinajstić information content (AvgIpc) is 2.98. The average molecular weight is 562 g/mol. The topological polar surface area (TPSA) is 103 Å². The van der Waals surface area contributed by atoms with Crippen molar-refractivity contribution in [1.82, 2.24) is 0 Å². The second-order valence-corrected chi connectivity index (χ2v) is 9.50. The Hall–Kier alpha value is -1.49. The third kappa shape index (κ3) is 6.03. The number of hydrogen-bond acceptors (Lipinski definition) is 4. The van der Waals surface area contributed by atoms with Crippen molar-refractivity contribution in [3.8, 4) is 0 Å². The summed E-state index contributed by atoms with van der Waals surface area (Å²) in [6.45, 7) is 2.16. The molecule has 1 aliphatic rings. The highest BCUT2D eigenvalue weighted by atomic mass is 127. The number of nitrogens with two attached hydrogens (primary N) is 2. The highest BCUT2D eigenvalue weighted by Gasteiger charge is 2.34. The minimum absolute atomic E-state index is 0. The number of nitrogens with zero attached hydrogens (tertiary/aromatic N) is 1. The van der Waals surface area contributed by atoms with E-state index in [0.717, 1.165) is 27.4 Å². The SMILES string of the molecule is C[N+]1(CCC(N)=O)CCc2c(sc(CC(=O)Cc3ccc(Cl)cc3)c2C(N)=O)C1.[I-]. The first kappa shape index (κ1) is 24.8. The van der Waals surface area contributed by atoms with Crippen LogP contribution < -0.4 is 35.4 Å². The fraction of sp³-hybridized carbons (Fsp3) is 0.381. The maximum Gasteiger partial charge on any atom is 0.250 e. The number of likely N-dealkylation sites (N-methyl/N-ethyl adjacent to an activating group) is 1. The van der Waals surface area contributed by atoms with Crippen molar-refractivity contribution in [2.75, 3.05) is 20.1 Å².